The van der Waals surface area contributed by atoms with E-state index >= 15 is 0 Å². The Morgan fingerprint density at radius 2 is 1.57 bits per heavy atom. The van der Waals surface area contributed by atoms with Crippen molar-refractivity contribution in [3.05, 3.63) is 60.9 Å². The SMILES string of the molecule is COc1ccccc1N1CCN(c2ncnc3c2nc(N)n3-c2ccccc2)CC1. The van der Waals surface area contributed by atoms with E-state index in [9.17, 15) is 0 Å². The van der Waals surface area contributed by atoms with Crippen LogP contribution in [0.1, 0.15) is 0 Å². The van der Waals surface area contributed by atoms with E-state index in [0.717, 1.165) is 60.3 Å². The van der Waals surface area contributed by atoms with Crippen molar-refractivity contribution in [3.63, 3.8) is 0 Å². The molecule has 1 aliphatic heterocycles. The van der Waals surface area contributed by atoms with Crippen LogP contribution in [0.2, 0.25) is 0 Å². The summed E-state index contributed by atoms with van der Waals surface area (Å²) in [6, 6.07) is 18.0. The Balaban J connectivity index is 1.44. The molecule has 0 spiro atoms. The third-order valence-electron chi connectivity index (χ3n) is 5.47. The predicted octanol–water partition coefficient (Wildman–Crippen LogP) is 2.73. The van der Waals surface area contributed by atoms with Crippen LogP contribution < -0.4 is 20.3 Å². The van der Waals surface area contributed by atoms with Crippen LogP contribution in [0.3, 0.4) is 0 Å². The Morgan fingerprint density at radius 3 is 2.33 bits per heavy atom. The van der Waals surface area contributed by atoms with Gasteiger partial charge in [0.25, 0.3) is 0 Å². The lowest BCUT2D eigenvalue weighted by atomic mass is 10.2. The van der Waals surface area contributed by atoms with E-state index < -0.39 is 0 Å². The summed E-state index contributed by atoms with van der Waals surface area (Å²) in [5.41, 5.74) is 9.75. The third-order valence-corrected chi connectivity index (χ3v) is 5.47. The fraction of sp³-hybridized carbons (Fsp3) is 0.227. The number of para-hydroxylation sites is 3. The van der Waals surface area contributed by atoms with Gasteiger partial charge in [-0.1, -0.05) is 30.3 Å². The molecule has 0 atom stereocenters. The van der Waals surface area contributed by atoms with Gasteiger partial charge in [0.15, 0.2) is 17.0 Å². The highest BCUT2D eigenvalue weighted by atomic mass is 16.5. The highest BCUT2D eigenvalue weighted by Crippen LogP contribution is 2.31. The fourth-order valence-corrected chi connectivity index (χ4v) is 4.01. The Morgan fingerprint density at radius 1 is 0.867 bits per heavy atom. The highest BCUT2D eigenvalue weighted by molar-refractivity contribution is 5.87. The van der Waals surface area contributed by atoms with Gasteiger partial charge in [0, 0.05) is 26.2 Å². The van der Waals surface area contributed by atoms with Crippen molar-refractivity contribution in [2.75, 3.05) is 48.8 Å². The fourth-order valence-electron chi connectivity index (χ4n) is 4.01. The van der Waals surface area contributed by atoms with Gasteiger partial charge in [-0.25, -0.2) is 15.0 Å². The molecule has 0 unspecified atom stereocenters. The normalized spacial score (nSPS) is 14.3. The number of imidazole rings is 1. The van der Waals surface area contributed by atoms with Gasteiger partial charge in [0.1, 0.15) is 12.1 Å². The number of aromatic nitrogens is 4. The van der Waals surface area contributed by atoms with Crippen LogP contribution in [-0.4, -0.2) is 52.8 Å². The quantitative estimate of drug-likeness (QED) is 0.563. The summed E-state index contributed by atoms with van der Waals surface area (Å²) in [4.78, 5) is 18.2. The number of ether oxygens (including phenoxy) is 1. The minimum Gasteiger partial charge on any atom is -0.495 e. The maximum Gasteiger partial charge on any atom is 0.207 e. The van der Waals surface area contributed by atoms with Crippen molar-refractivity contribution >= 4 is 28.6 Å². The van der Waals surface area contributed by atoms with Crippen LogP contribution in [0.4, 0.5) is 17.5 Å². The first-order chi connectivity index (χ1) is 14.8. The van der Waals surface area contributed by atoms with Crippen LogP contribution in [0, 0.1) is 0 Å². The van der Waals surface area contributed by atoms with Crippen LogP contribution in [0.15, 0.2) is 60.9 Å². The average Bonchev–Trinajstić information content (AvgIpc) is 3.15. The van der Waals surface area contributed by atoms with E-state index in [-0.39, 0.29) is 0 Å². The zero-order chi connectivity index (χ0) is 20.5. The number of nitrogens with zero attached hydrogens (tertiary/aromatic N) is 6. The van der Waals surface area contributed by atoms with Crippen molar-refractivity contribution < 1.29 is 4.74 Å². The maximum atomic E-state index is 6.26. The van der Waals surface area contributed by atoms with Crippen molar-refractivity contribution in [2.45, 2.75) is 0 Å². The van der Waals surface area contributed by atoms with E-state index in [0.29, 0.717) is 5.95 Å². The monoisotopic (exact) mass is 401 g/mol. The van der Waals surface area contributed by atoms with Gasteiger partial charge < -0.3 is 20.3 Å². The van der Waals surface area contributed by atoms with Gasteiger partial charge in [-0.05, 0) is 24.3 Å². The first-order valence-electron chi connectivity index (χ1n) is 9.93. The molecule has 152 valence electrons. The molecule has 5 rings (SSSR count). The Kier molecular flexibility index (Phi) is 4.59. The summed E-state index contributed by atoms with van der Waals surface area (Å²) in [6.07, 6.45) is 1.59. The molecular formula is C22H23N7O. The topological polar surface area (TPSA) is 85.3 Å². The molecule has 4 aromatic rings. The summed E-state index contributed by atoms with van der Waals surface area (Å²) in [5, 5.41) is 0. The van der Waals surface area contributed by atoms with Crippen molar-refractivity contribution in [3.8, 4) is 11.4 Å². The number of hydrogen-bond acceptors (Lipinski definition) is 7. The molecule has 0 aliphatic carbocycles. The molecule has 0 bridgehead atoms. The average molecular weight is 401 g/mol. The zero-order valence-electron chi connectivity index (χ0n) is 16.8. The molecule has 0 saturated carbocycles. The van der Waals surface area contributed by atoms with Gasteiger partial charge in [0.2, 0.25) is 5.95 Å². The van der Waals surface area contributed by atoms with E-state index in [4.69, 9.17) is 10.5 Å². The minimum atomic E-state index is 0.408. The lowest BCUT2D eigenvalue weighted by molar-refractivity contribution is 0.413. The molecular weight excluding hydrogens is 378 g/mol. The second-order valence-corrected chi connectivity index (χ2v) is 7.16. The van der Waals surface area contributed by atoms with Gasteiger partial charge in [-0.15, -0.1) is 0 Å². The number of nitrogen functional groups attached to an aromatic ring is 1. The van der Waals surface area contributed by atoms with E-state index in [1.54, 1.807) is 13.4 Å². The Bertz CT molecular complexity index is 1170. The van der Waals surface area contributed by atoms with E-state index in [1.807, 2.05) is 53.1 Å². The number of hydrogen-bond donors (Lipinski definition) is 1. The molecule has 0 amide bonds. The second-order valence-electron chi connectivity index (χ2n) is 7.16. The van der Waals surface area contributed by atoms with Gasteiger partial charge in [-0.3, -0.25) is 4.57 Å². The second kappa shape index (κ2) is 7.55. The number of methoxy groups -OCH3 is 1. The molecule has 30 heavy (non-hydrogen) atoms. The molecule has 8 nitrogen and oxygen atoms in total. The number of piperazine rings is 1. The van der Waals surface area contributed by atoms with Crippen molar-refractivity contribution in [2.24, 2.45) is 0 Å². The highest BCUT2D eigenvalue weighted by Gasteiger charge is 2.24. The minimum absolute atomic E-state index is 0.408. The molecule has 1 saturated heterocycles. The van der Waals surface area contributed by atoms with Crippen LogP contribution in [-0.2, 0) is 0 Å². The molecule has 1 fully saturated rings. The lowest BCUT2D eigenvalue weighted by Gasteiger charge is -2.37. The van der Waals surface area contributed by atoms with E-state index in [2.05, 4.69) is 30.8 Å². The summed E-state index contributed by atoms with van der Waals surface area (Å²) < 4.78 is 7.39. The molecule has 1 aliphatic rings. The smallest absolute Gasteiger partial charge is 0.207 e. The molecule has 8 heteroatoms. The standard InChI is InChI=1S/C22H23N7O/c1-30-18-10-6-5-9-17(18)27-11-13-28(14-12-27)20-19-21(25-15-24-20)29(22(23)26-19)16-7-3-2-4-8-16/h2-10,15H,11-14H2,1H3,(H2,23,26). The number of rotatable bonds is 4. The zero-order valence-corrected chi connectivity index (χ0v) is 16.8. The summed E-state index contributed by atoms with van der Waals surface area (Å²) in [6.45, 7) is 3.37. The third kappa shape index (κ3) is 3.06. The lowest BCUT2D eigenvalue weighted by Crippen LogP contribution is -2.47. The molecule has 2 aromatic carbocycles. The van der Waals surface area contributed by atoms with Gasteiger partial charge in [-0.2, -0.15) is 0 Å². The van der Waals surface area contributed by atoms with Crippen LogP contribution in [0.5, 0.6) is 5.75 Å². The summed E-state index contributed by atoms with van der Waals surface area (Å²) in [5.74, 6) is 2.12. The number of anilines is 3. The first kappa shape index (κ1) is 18.2. The molecule has 2 aromatic heterocycles. The van der Waals surface area contributed by atoms with E-state index in [1.165, 1.54) is 0 Å². The Labute approximate surface area is 174 Å². The van der Waals surface area contributed by atoms with Crippen molar-refractivity contribution in [1.82, 2.24) is 19.5 Å². The van der Waals surface area contributed by atoms with Crippen molar-refractivity contribution in [1.29, 1.82) is 0 Å². The summed E-state index contributed by atoms with van der Waals surface area (Å²) >= 11 is 0. The Hall–Kier alpha value is -3.81. The van der Waals surface area contributed by atoms with Crippen LogP contribution in [0.25, 0.3) is 16.9 Å². The van der Waals surface area contributed by atoms with Gasteiger partial charge >= 0.3 is 0 Å². The first-order valence-corrected chi connectivity index (χ1v) is 9.93. The molecule has 0 radical (unpaired) electrons. The number of fused-ring (bicyclic) bond motifs is 1. The number of nitrogens with two attached hydrogens (primary N) is 1. The van der Waals surface area contributed by atoms with Gasteiger partial charge in [0.05, 0.1) is 18.5 Å². The number of benzene rings is 2. The molecule has 2 N–H and O–H groups in total. The molecule has 3 heterocycles. The summed E-state index contributed by atoms with van der Waals surface area (Å²) in [7, 11) is 1.71. The largest absolute Gasteiger partial charge is 0.495 e. The maximum absolute atomic E-state index is 6.26. The predicted molar refractivity (Wildman–Crippen MR) is 118 cm³/mol. The van der Waals surface area contributed by atoms with Crippen LogP contribution >= 0.6 is 0 Å².